The molecule has 0 aliphatic carbocycles. The van der Waals surface area contributed by atoms with Gasteiger partial charge in [-0.3, -0.25) is 19.7 Å². The summed E-state index contributed by atoms with van der Waals surface area (Å²) in [6, 6.07) is 13.1. The Labute approximate surface area is 119 Å². The molecule has 2 rings (SSSR count). The van der Waals surface area contributed by atoms with Gasteiger partial charge in [-0.2, -0.15) is 0 Å². The Morgan fingerprint density at radius 3 is 2.14 bits per heavy atom. The first-order chi connectivity index (χ1) is 10.0. The minimum absolute atomic E-state index is 0.0315. The van der Waals surface area contributed by atoms with Crippen LogP contribution in [-0.2, 0) is 0 Å². The Balaban J connectivity index is 2.25. The molecule has 0 aromatic heterocycles. The lowest BCUT2D eigenvalue weighted by atomic mass is 10.1. The van der Waals surface area contributed by atoms with Crippen LogP contribution in [0.15, 0.2) is 54.6 Å². The summed E-state index contributed by atoms with van der Waals surface area (Å²) >= 11 is 0. The summed E-state index contributed by atoms with van der Waals surface area (Å²) in [5.41, 5.74) is -0.0313. The summed E-state index contributed by atoms with van der Waals surface area (Å²) < 4.78 is 0. The number of nitro benzene ring substituents is 1. The van der Waals surface area contributed by atoms with Crippen molar-refractivity contribution >= 4 is 17.5 Å². The van der Waals surface area contributed by atoms with Gasteiger partial charge in [0.1, 0.15) is 0 Å². The van der Waals surface area contributed by atoms with Crippen LogP contribution in [0.2, 0.25) is 0 Å². The fourth-order valence-electron chi connectivity index (χ4n) is 1.70. The van der Waals surface area contributed by atoms with E-state index in [2.05, 4.69) is 0 Å². The first-order valence-corrected chi connectivity index (χ1v) is 5.93. The molecule has 0 spiro atoms. The van der Waals surface area contributed by atoms with Crippen molar-refractivity contribution in [1.29, 1.82) is 0 Å². The van der Waals surface area contributed by atoms with Crippen LogP contribution >= 0.6 is 0 Å². The number of hydrazine groups is 1. The molecule has 0 unspecified atom stereocenters. The molecular formula is C14H11N3O4. The van der Waals surface area contributed by atoms with Crippen LogP contribution in [0.3, 0.4) is 0 Å². The summed E-state index contributed by atoms with van der Waals surface area (Å²) in [4.78, 5) is 34.2. The monoisotopic (exact) mass is 285 g/mol. The van der Waals surface area contributed by atoms with Crippen molar-refractivity contribution in [3.63, 3.8) is 0 Å². The SMILES string of the molecule is NN(C(=O)c1ccccc1)C(=O)c1cccc([N+](=O)[O-])c1. The van der Waals surface area contributed by atoms with Crippen molar-refractivity contribution in [1.82, 2.24) is 5.01 Å². The number of hydrogen-bond acceptors (Lipinski definition) is 5. The molecule has 7 nitrogen and oxygen atoms in total. The molecule has 0 atom stereocenters. The average molecular weight is 285 g/mol. The van der Waals surface area contributed by atoms with Gasteiger partial charge in [-0.25, -0.2) is 10.9 Å². The largest absolute Gasteiger partial charge is 0.275 e. The molecule has 2 N–H and O–H groups in total. The number of carbonyl (C=O) groups excluding carboxylic acids is 2. The Morgan fingerprint density at radius 2 is 1.52 bits per heavy atom. The standard InChI is InChI=1S/C14H11N3O4/c15-16(13(18)10-5-2-1-3-6-10)14(19)11-7-4-8-12(9-11)17(20)21/h1-9H,15H2. The van der Waals surface area contributed by atoms with Crippen LogP contribution in [-0.4, -0.2) is 21.7 Å². The van der Waals surface area contributed by atoms with Gasteiger partial charge >= 0.3 is 0 Å². The first-order valence-electron chi connectivity index (χ1n) is 5.93. The van der Waals surface area contributed by atoms with Crippen molar-refractivity contribution in [2.75, 3.05) is 0 Å². The fraction of sp³-hybridized carbons (Fsp3) is 0. The van der Waals surface area contributed by atoms with Crippen molar-refractivity contribution < 1.29 is 14.5 Å². The molecule has 2 aromatic rings. The maximum atomic E-state index is 12.1. The van der Waals surface area contributed by atoms with Gasteiger partial charge in [0.25, 0.3) is 17.5 Å². The second kappa shape index (κ2) is 5.93. The Morgan fingerprint density at radius 1 is 0.952 bits per heavy atom. The summed E-state index contributed by atoms with van der Waals surface area (Å²) in [5.74, 6) is 4.02. The highest BCUT2D eigenvalue weighted by atomic mass is 16.6. The van der Waals surface area contributed by atoms with E-state index in [1.54, 1.807) is 18.2 Å². The molecule has 2 aromatic carbocycles. The number of nitro groups is 1. The number of benzene rings is 2. The van der Waals surface area contributed by atoms with Gasteiger partial charge in [-0.1, -0.05) is 24.3 Å². The van der Waals surface area contributed by atoms with Gasteiger partial charge in [-0.15, -0.1) is 0 Å². The van der Waals surface area contributed by atoms with E-state index in [0.29, 0.717) is 5.01 Å². The van der Waals surface area contributed by atoms with Gasteiger partial charge in [0, 0.05) is 23.3 Å². The van der Waals surface area contributed by atoms with Crippen LogP contribution < -0.4 is 5.84 Å². The molecular weight excluding hydrogens is 274 g/mol. The fourth-order valence-corrected chi connectivity index (χ4v) is 1.70. The smallest absolute Gasteiger partial charge is 0.267 e. The van der Waals surface area contributed by atoms with Crippen LogP contribution in [0.25, 0.3) is 0 Å². The van der Waals surface area contributed by atoms with E-state index in [0.717, 1.165) is 6.07 Å². The van der Waals surface area contributed by atoms with Gasteiger partial charge in [0.2, 0.25) is 0 Å². The molecule has 0 fully saturated rings. The summed E-state index contributed by atoms with van der Waals surface area (Å²) in [7, 11) is 0. The zero-order valence-electron chi connectivity index (χ0n) is 10.8. The maximum absolute atomic E-state index is 12.1. The number of non-ortho nitro benzene ring substituents is 1. The minimum Gasteiger partial charge on any atom is -0.267 e. The molecule has 0 radical (unpaired) electrons. The maximum Gasteiger partial charge on any atom is 0.275 e. The molecule has 0 heterocycles. The molecule has 0 saturated heterocycles. The first kappa shape index (κ1) is 14.4. The normalized spacial score (nSPS) is 9.95. The molecule has 0 aliphatic rings. The number of amides is 2. The lowest BCUT2D eigenvalue weighted by molar-refractivity contribution is -0.384. The van der Waals surface area contributed by atoms with Crippen LogP contribution in [0.4, 0.5) is 5.69 Å². The molecule has 2 amide bonds. The Hall–Kier alpha value is -3.06. The highest BCUT2D eigenvalue weighted by molar-refractivity contribution is 6.09. The van der Waals surface area contributed by atoms with Crippen molar-refractivity contribution in [3.8, 4) is 0 Å². The van der Waals surface area contributed by atoms with E-state index >= 15 is 0 Å². The topological polar surface area (TPSA) is 107 Å². The van der Waals surface area contributed by atoms with Gasteiger partial charge in [0.05, 0.1) is 4.92 Å². The van der Waals surface area contributed by atoms with Crippen LogP contribution in [0.5, 0.6) is 0 Å². The molecule has 7 heteroatoms. The number of carbonyl (C=O) groups is 2. The predicted molar refractivity (Wildman–Crippen MR) is 74.2 cm³/mol. The number of nitrogens with zero attached hydrogens (tertiary/aromatic N) is 2. The molecule has 0 bridgehead atoms. The van der Waals surface area contributed by atoms with E-state index in [1.165, 1.54) is 30.3 Å². The third-order valence-electron chi connectivity index (χ3n) is 2.76. The Kier molecular flexibility index (Phi) is 4.05. The lowest BCUT2D eigenvalue weighted by Crippen LogP contribution is -2.42. The van der Waals surface area contributed by atoms with E-state index in [-0.39, 0.29) is 16.8 Å². The average Bonchev–Trinajstić information content (AvgIpc) is 2.53. The number of nitrogens with two attached hydrogens (primary N) is 1. The zero-order chi connectivity index (χ0) is 15.4. The highest BCUT2D eigenvalue weighted by Gasteiger charge is 2.22. The van der Waals surface area contributed by atoms with Gasteiger partial charge < -0.3 is 0 Å². The van der Waals surface area contributed by atoms with Crippen LogP contribution in [0.1, 0.15) is 20.7 Å². The molecule has 21 heavy (non-hydrogen) atoms. The molecule has 0 aliphatic heterocycles. The molecule has 106 valence electrons. The van der Waals surface area contributed by atoms with Gasteiger partial charge in [0.15, 0.2) is 0 Å². The van der Waals surface area contributed by atoms with Gasteiger partial charge in [-0.05, 0) is 18.2 Å². The minimum atomic E-state index is -0.812. The summed E-state index contributed by atoms with van der Waals surface area (Å²) in [6.45, 7) is 0. The van der Waals surface area contributed by atoms with Crippen molar-refractivity contribution in [3.05, 3.63) is 75.8 Å². The summed E-state index contributed by atoms with van der Waals surface area (Å²) in [5, 5.41) is 11.1. The van der Waals surface area contributed by atoms with E-state index in [1.807, 2.05) is 0 Å². The second-order valence-corrected chi connectivity index (χ2v) is 4.15. The van der Waals surface area contributed by atoms with E-state index in [9.17, 15) is 19.7 Å². The second-order valence-electron chi connectivity index (χ2n) is 4.15. The number of hydrogen-bond donors (Lipinski definition) is 1. The predicted octanol–water partition coefficient (Wildman–Crippen LogP) is 1.75. The van der Waals surface area contributed by atoms with Crippen molar-refractivity contribution in [2.45, 2.75) is 0 Å². The van der Waals surface area contributed by atoms with E-state index in [4.69, 9.17) is 5.84 Å². The zero-order valence-corrected chi connectivity index (χ0v) is 10.8. The lowest BCUT2D eigenvalue weighted by Gasteiger charge is -2.14. The Bertz CT molecular complexity index is 700. The molecule has 0 saturated carbocycles. The third-order valence-corrected chi connectivity index (χ3v) is 2.76. The number of imide groups is 1. The third kappa shape index (κ3) is 3.10. The van der Waals surface area contributed by atoms with Crippen LogP contribution in [0, 0.1) is 10.1 Å². The summed E-state index contributed by atoms with van der Waals surface area (Å²) in [6.07, 6.45) is 0. The van der Waals surface area contributed by atoms with E-state index < -0.39 is 16.7 Å². The number of rotatable bonds is 3. The van der Waals surface area contributed by atoms with Crippen molar-refractivity contribution in [2.24, 2.45) is 5.84 Å². The quantitative estimate of drug-likeness (QED) is 0.304. The highest BCUT2D eigenvalue weighted by Crippen LogP contribution is 2.15.